The maximum Gasteiger partial charge on any atom is 0.257 e. The minimum Gasteiger partial charge on any atom is -0.489 e. The Morgan fingerprint density at radius 3 is 2.89 bits per heavy atom. The van der Waals surface area contributed by atoms with Gasteiger partial charge in [0.15, 0.2) is 12.5 Å². The molecule has 1 aliphatic carbocycles. The van der Waals surface area contributed by atoms with Gasteiger partial charge >= 0.3 is 0 Å². The van der Waals surface area contributed by atoms with E-state index in [4.69, 9.17) is 21.1 Å². The molecule has 1 aromatic rings. The zero-order valence-electron chi connectivity index (χ0n) is 9.87. The van der Waals surface area contributed by atoms with Crippen LogP contribution in [0.5, 0.6) is 11.5 Å². The van der Waals surface area contributed by atoms with Crippen molar-refractivity contribution in [1.29, 1.82) is 0 Å². The van der Waals surface area contributed by atoms with Gasteiger partial charge in [-0.05, 0) is 37.8 Å². The lowest BCUT2D eigenvalue weighted by molar-refractivity contribution is 0.0882. The maximum absolute atomic E-state index is 11.6. The molecule has 18 heavy (non-hydrogen) atoms. The lowest BCUT2D eigenvalue weighted by atomic mass is 10.1. The highest BCUT2D eigenvalue weighted by Crippen LogP contribution is 2.39. The summed E-state index contributed by atoms with van der Waals surface area (Å²) in [6.07, 6.45) is 4.76. The van der Waals surface area contributed by atoms with Crippen LogP contribution in [0, 0.1) is 0 Å². The Morgan fingerprint density at radius 2 is 2.11 bits per heavy atom. The van der Waals surface area contributed by atoms with Crippen LogP contribution in [-0.2, 0) is 0 Å². The molecule has 2 aliphatic rings. The molecular weight excluding hydrogens is 254 g/mol. The van der Waals surface area contributed by atoms with Gasteiger partial charge in [0.05, 0.1) is 11.7 Å². The number of halogens is 1. The Labute approximate surface area is 110 Å². The molecule has 0 aromatic heterocycles. The fourth-order valence-corrected chi connectivity index (χ4v) is 2.67. The summed E-state index contributed by atoms with van der Waals surface area (Å²) in [5.74, 6) is 0.874. The second-order valence-electron chi connectivity index (χ2n) is 4.57. The summed E-state index contributed by atoms with van der Waals surface area (Å²) in [4.78, 5) is 11.6. The second-order valence-corrected chi connectivity index (χ2v) is 4.95. The van der Waals surface area contributed by atoms with Crippen LogP contribution in [0.3, 0.4) is 0 Å². The number of rotatable bonds is 2. The van der Waals surface area contributed by atoms with E-state index in [1.165, 1.54) is 12.8 Å². The Bertz CT molecular complexity index is 483. The van der Waals surface area contributed by atoms with Crippen LogP contribution in [0.15, 0.2) is 12.1 Å². The van der Waals surface area contributed by atoms with E-state index >= 15 is 0 Å². The fourth-order valence-electron chi connectivity index (χ4n) is 2.40. The summed E-state index contributed by atoms with van der Waals surface area (Å²) >= 11 is 6.24. The van der Waals surface area contributed by atoms with E-state index in [9.17, 15) is 4.79 Å². The Balaban J connectivity index is 1.89. The third-order valence-corrected chi connectivity index (χ3v) is 3.71. The lowest BCUT2D eigenvalue weighted by Gasteiger charge is -2.21. The molecule has 4 nitrogen and oxygen atoms in total. The molecule has 1 N–H and O–H groups in total. The van der Waals surface area contributed by atoms with Gasteiger partial charge < -0.3 is 14.8 Å². The Morgan fingerprint density at radius 1 is 1.33 bits per heavy atom. The van der Waals surface area contributed by atoms with E-state index in [2.05, 4.69) is 5.32 Å². The van der Waals surface area contributed by atoms with Gasteiger partial charge in [-0.1, -0.05) is 11.6 Å². The quantitative estimate of drug-likeness (QED) is 0.896. The molecule has 0 unspecified atom stereocenters. The van der Waals surface area contributed by atoms with E-state index in [-0.39, 0.29) is 18.7 Å². The van der Waals surface area contributed by atoms with E-state index < -0.39 is 0 Å². The van der Waals surface area contributed by atoms with Crippen LogP contribution in [0.25, 0.3) is 0 Å². The molecule has 1 amide bonds. The lowest BCUT2D eigenvalue weighted by Crippen LogP contribution is -2.33. The monoisotopic (exact) mass is 267 g/mol. The van der Waals surface area contributed by atoms with Gasteiger partial charge in [-0.15, -0.1) is 0 Å². The van der Waals surface area contributed by atoms with Crippen molar-refractivity contribution in [3.63, 3.8) is 0 Å². The van der Waals surface area contributed by atoms with Crippen molar-refractivity contribution in [3.8, 4) is 11.5 Å². The first kappa shape index (κ1) is 11.7. The predicted octanol–water partition coefficient (Wildman–Crippen LogP) is 2.74. The van der Waals surface area contributed by atoms with Crippen molar-refractivity contribution in [2.75, 3.05) is 6.73 Å². The number of carbonyl (C=O) groups is 1. The van der Waals surface area contributed by atoms with Gasteiger partial charge in [-0.25, -0.2) is 0 Å². The number of benzene rings is 1. The molecular formula is C13H14ClNO3. The van der Waals surface area contributed by atoms with Crippen molar-refractivity contribution in [3.05, 3.63) is 22.7 Å². The molecule has 0 bridgehead atoms. The number of ether oxygens (including phenoxy) is 2. The molecule has 1 saturated carbocycles. The summed E-state index contributed by atoms with van der Waals surface area (Å²) in [7, 11) is 0. The molecule has 1 fully saturated rings. The molecule has 0 radical (unpaired) electrons. The molecule has 0 saturated heterocycles. The highest BCUT2D eigenvalue weighted by Gasteiger charge is 2.25. The topological polar surface area (TPSA) is 47.6 Å². The molecule has 1 aromatic carbocycles. The van der Waals surface area contributed by atoms with E-state index in [1.807, 2.05) is 0 Å². The van der Waals surface area contributed by atoms with Gasteiger partial charge in [0.25, 0.3) is 5.91 Å². The first-order valence-corrected chi connectivity index (χ1v) is 6.53. The molecule has 1 heterocycles. The summed E-state index contributed by atoms with van der Waals surface area (Å²) in [5.41, 5.74) is 0.463. The Kier molecular flexibility index (Phi) is 3.04. The molecule has 0 atom stereocenters. The van der Waals surface area contributed by atoms with E-state index in [0.717, 1.165) is 12.8 Å². The number of hydrogen-bond donors (Lipinski definition) is 1. The number of fused-ring (bicyclic) bond motifs is 1. The smallest absolute Gasteiger partial charge is 0.257 e. The van der Waals surface area contributed by atoms with Gasteiger partial charge in [-0.2, -0.15) is 0 Å². The molecule has 3 rings (SSSR count). The summed E-state index contributed by atoms with van der Waals surface area (Å²) in [5, 5.41) is 2.99. The van der Waals surface area contributed by atoms with E-state index in [1.54, 1.807) is 12.1 Å². The number of hydrogen-bond acceptors (Lipinski definition) is 3. The average molecular weight is 268 g/mol. The zero-order chi connectivity index (χ0) is 12.5. The molecule has 96 valence electrons. The van der Waals surface area contributed by atoms with Crippen LogP contribution in [-0.4, -0.2) is 18.7 Å². The standard InChI is InChI=1S/C13H14ClNO3/c14-11-10(18-8-3-1-2-4-8)6-5-9-12(11)17-7-15-13(9)16/h5-6,8H,1-4,7H2,(H,15,16). The van der Waals surface area contributed by atoms with Crippen LogP contribution in [0.1, 0.15) is 36.0 Å². The highest BCUT2D eigenvalue weighted by atomic mass is 35.5. The molecule has 5 heteroatoms. The SMILES string of the molecule is O=C1NCOc2c1ccc(OC1CCCC1)c2Cl. The average Bonchev–Trinajstić information content (AvgIpc) is 2.86. The predicted molar refractivity (Wildman–Crippen MR) is 67.3 cm³/mol. The third-order valence-electron chi connectivity index (χ3n) is 3.35. The summed E-state index contributed by atoms with van der Waals surface area (Å²) in [6, 6.07) is 3.44. The van der Waals surface area contributed by atoms with E-state index in [0.29, 0.717) is 22.1 Å². The van der Waals surface area contributed by atoms with Crippen LogP contribution < -0.4 is 14.8 Å². The van der Waals surface area contributed by atoms with Crippen LogP contribution in [0.2, 0.25) is 5.02 Å². The van der Waals surface area contributed by atoms with Crippen LogP contribution in [0.4, 0.5) is 0 Å². The fraction of sp³-hybridized carbons (Fsp3) is 0.462. The van der Waals surface area contributed by atoms with Crippen molar-refractivity contribution >= 4 is 17.5 Å². The second kappa shape index (κ2) is 4.69. The van der Waals surface area contributed by atoms with Gasteiger partial charge in [0, 0.05) is 0 Å². The maximum atomic E-state index is 11.6. The van der Waals surface area contributed by atoms with Gasteiger partial charge in [0.1, 0.15) is 10.8 Å². The number of amides is 1. The van der Waals surface area contributed by atoms with Crippen molar-refractivity contribution in [2.24, 2.45) is 0 Å². The molecule has 1 aliphatic heterocycles. The number of nitrogens with one attached hydrogen (secondary N) is 1. The highest BCUT2D eigenvalue weighted by molar-refractivity contribution is 6.34. The number of carbonyl (C=O) groups excluding carboxylic acids is 1. The van der Waals surface area contributed by atoms with Crippen molar-refractivity contribution < 1.29 is 14.3 Å². The normalized spacial score (nSPS) is 19.1. The summed E-state index contributed by atoms with van der Waals surface area (Å²) < 4.78 is 11.2. The molecule has 0 spiro atoms. The van der Waals surface area contributed by atoms with Crippen molar-refractivity contribution in [1.82, 2.24) is 5.32 Å². The Hall–Kier alpha value is -1.42. The first-order valence-electron chi connectivity index (χ1n) is 6.16. The van der Waals surface area contributed by atoms with Gasteiger partial charge in [0.2, 0.25) is 0 Å². The third kappa shape index (κ3) is 2.01. The van der Waals surface area contributed by atoms with Crippen LogP contribution >= 0.6 is 11.6 Å². The minimum atomic E-state index is -0.162. The zero-order valence-corrected chi connectivity index (χ0v) is 10.6. The van der Waals surface area contributed by atoms with Crippen molar-refractivity contribution in [2.45, 2.75) is 31.8 Å². The first-order chi connectivity index (χ1) is 8.75. The minimum absolute atomic E-state index is 0.151. The largest absolute Gasteiger partial charge is 0.489 e. The van der Waals surface area contributed by atoms with Gasteiger partial charge in [-0.3, -0.25) is 4.79 Å². The summed E-state index contributed by atoms with van der Waals surface area (Å²) in [6.45, 7) is 0.151.